The first-order valence-corrected chi connectivity index (χ1v) is 6.12. The first-order valence-electron chi connectivity index (χ1n) is 6.12. The van der Waals surface area contributed by atoms with E-state index in [1.165, 1.54) is 0 Å². The van der Waals surface area contributed by atoms with Crippen LogP contribution in [-0.2, 0) is 11.3 Å². The average Bonchev–Trinajstić information content (AvgIpc) is 2.57. The van der Waals surface area contributed by atoms with Crippen LogP contribution in [0, 0.1) is 0 Å². The van der Waals surface area contributed by atoms with E-state index in [4.69, 9.17) is 4.74 Å². The summed E-state index contributed by atoms with van der Waals surface area (Å²) in [6, 6.07) is 0. The van der Waals surface area contributed by atoms with E-state index in [1.807, 2.05) is 20.8 Å². The molecular formula is C11H20N4O4. The number of unbranched alkanes of at least 4 members (excludes halogenated alkanes) is 1. The third-order valence-electron chi connectivity index (χ3n) is 2.25. The maximum absolute atomic E-state index is 11.3. The third-order valence-corrected chi connectivity index (χ3v) is 2.25. The fourth-order valence-corrected chi connectivity index (χ4v) is 1.42. The smallest absolute Gasteiger partial charge is 0.407 e. The van der Waals surface area contributed by atoms with E-state index in [9.17, 15) is 14.4 Å². The molecule has 1 amide bonds. The highest BCUT2D eigenvalue weighted by atomic mass is 16.5. The molecule has 1 aromatic heterocycles. The second kappa shape index (κ2) is 6.26. The highest BCUT2D eigenvalue weighted by Gasteiger charge is 2.14. The summed E-state index contributed by atoms with van der Waals surface area (Å²) in [6.45, 7) is 6.12. The number of aromatic amines is 2. The van der Waals surface area contributed by atoms with Gasteiger partial charge >= 0.3 is 17.5 Å². The Balaban J connectivity index is 2.20. The van der Waals surface area contributed by atoms with Gasteiger partial charge in [0.1, 0.15) is 0 Å². The monoisotopic (exact) mass is 272 g/mol. The number of carbonyl (C=O) groups excluding carboxylic acids is 1. The van der Waals surface area contributed by atoms with Gasteiger partial charge in [-0.2, -0.15) is 0 Å². The molecule has 0 bridgehead atoms. The molecule has 0 fully saturated rings. The molecule has 0 saturated carbocycles. The van der Waals surface area contributed by atoms with Crippen molar-refractivity contribution in [2.24, 2.45) is 0 Å². The first-order chi connectivity index (χ1) is 8.79. The Bertz CT molecular complexity index is 492. The molecule has 0 aliphatic rings. The summed E-state index contributed by atoms with van der Waals surface area (Å²) in [6.07, 6.45) is 0.683. The summed E-state index contributed by atoms with van der Waals surface area (Å²) in [5.41, 5.74) is -1.25. The lowest BCUT2D eigenvalue weighted by atomic mass is 10.1. The van der Waals surface area contributed by atoms with Gasteiger partial charge < -0.3 is 10.1 Å². The van der Waals surface area contributed by atoms with Crippen molar-refractivity contribution in [1.82, 2.24) is 20.1 Å². The van der Waals surface area contributed by atoms with Gasteiger partial charge in [-0.05, 0) is 33.6 Å². The summed E-state index contributed by atoms with van der Waals surface area (Å²) >= 11 is 0. The Morgan fingerprint density at radius 2 is 1.79 bits per heavy atom. The molecule has 1 rings (SSSR count). The van der Waals surface area contributed by atoms with Gasteiger partial charge in [0, 0.05) is 12.1 Å². The van der Waals surface area contributed by atoms with E-state index in [0.29, 0.717) is 19.4 Å². The topological polar surface area (TPSA) is 109 Å². The number of H-pyrrole nitrogens is 2. The van der Waals surface area contributed by atoms with E-state index in [1.54, 1.807) is 0 Å². The van der Waals surface area contributed by atoms with Crippen LogP contribution in [0.3, 0.4) is 0 Å². The number of carbonyl (C=O) groups is 1. The normalized spacial score (nSPS) is 11.3. The number of alkyl carbamates (subject to hydrolysis) is 1. The molecule has 8 heteroatoms. The fourth-order valence-electron chi connectivity index (χ4n) is 1.42. The van der Waals surface area contributed by atoms with Crippen LogP contribution in [0.15, 0.2) is 9.59 Å². The van der Waals surface area contributed by atoms with Crippen LogP contribution in [0.2, 0.25) is 0 Å². The summed E-state index contributed by atoms with van der Waals surface area (Å²) in [5.74, 6) is 0. The lowest BCUT2D eigenvalue weighted by molar-refractivity contribution is 0.135. The molecule has 8 nitrogen and oxygen atoms in total. The molecule has 0 unspecified atom stereocenters. The van der Waals surface area contributed by atoms with Crippen molar-refractivity contribution >= 4 is 6.09 Å². The SMILES string of the molecule is CC(C)(C)NC(=O)OCCCCn1c(=O)[nH][nH]c1=O. The van der Waals surface area contributed by atoms with Crippen LogP contribution >= 0.6 is 0 Å². The molecule has 0 aromatic carbocycles. The Morgan fingerprint density at radius 3 is 2.32 bits per heavy atom. The molecule has 108 valence electrons. The Kier molecular flexibility index (Phi) is 4.96. The summed E-state index contributed by atoms with van der Waals surface area (Å²) in [7, 11) is 0. The van der Waals surface area contributed by atoms with Gasteiger partial charge in [-0.3, -0.25) is 0 Å². The number of hydrogen-bond donors (Lipinski definition) is 3. The largest absolute Gasteiger partial charge is 0.450 e. The summed E-state index contributed by atoms with van der Waals surface area (Å²) in [5, 5.41) is 7.06. The average molecular weight is 272 g/mol. The number of aromatic nitrogens is 3. The second-order valence-corrected chi connectivity index (χ2v) is 5.23. The van der Waals surface area contributed by atoms with Gasteiger partial charge in [0.15, 0.2) is 0 Å². The van der Waals surface area contributed by atoms with E-state index in [2.05, 4.69) is 15.5 Å². The fraction of sp³-hybridized carbons (Fsp3) is 0.727. The van der Waals surface area contributed by atoms with Crippen LogP contribution < -0.4 is 16.7 Å². The maximum atomic E-state index is 11.3. The van der Waals surface area contributed by atoms with Gasteiger partial charge in [0.2, 0.25) is 0 Å². The van der Waals surface area contributed by atoms with Gasteiger partial charge in [0.05, 0.1) is 6.61 Å². The second-order valence-electron chi connectivity index (χ2n) is 5.23. The molecule has 1 heterocycles. The number of amides is 1. The van der Waals surface area contributed by atoms with Crippen molar-refractivity contribution in [3.8, 4) is 0 Å². The van der Waals surface area contributed by atoms with Gasteiger partial charge in [-0.1, -0.05) is 0 Å². The van der Waals surface area contributed by atoms with Crippen molar-refractivity contribution in [3.63, 3.8) is 0 Å². The molecular weight excluding hydrogens is 252 g/mol. The highest BCUT2D eigenvalue weighted by molar-refractivity contribution is 5.67. The van der Waals surface area contributed by atoms with E-state index in [0.717, 1.165) is 4.57 Å². The van der Waals surface area contributed by atoms with Crippen molar-refractivity contribution in [3.05, 3.63) is 21.0 Å². The molecule has 1 aromatic rings. The summed E-state index contributed by atoms with van der Waals surface area (Å²) < 4.78 is 6.03. The first kappa shape index (κ1) is 15.1. The molecule has 19 heavy (non-hydrogen) atoms. The Morgan fingerprint density at radius 1 is 1.21 bits per heavy atom. The molecule has 0 radical (unpaired) electrons. The molecule has 0 saturated heterocycles. The van der Waals surface area contributed by atoms with Crippen molar-refractivity contribution in [1.29, 1.82) is 0 Å². The molecule has 3 N–H and O–H groups in total. The molecule has 0 atom stereocenters. The molecule has 0 aliphatic heterocycles. The lowest BCUT2D eigenvalue weighted by Crippen LogP contribution is -2.41. The van der Waals surface area contributed by atoms with Crippen molar-refractivity contribution in [2.75, 3.05) is 6.61 Å². The quantitative estimate of drug-likeness (QED) is 0.664. The predicted octanol–water partition coefficient (Wildman–Crippen LogP) is 0.170. The lowest BCUT2D eigenvalue weighted by Gasteiger charge is -2.19. The number of rotatable bonds is 5. The van der Waals surface area contributed by atoms with Crippen molar-refractivity contribution < 1.29 is 9.53 Å². The third kappa shape index (κ3) is 5.45. The van der Waals surface area contributed by atoms with Crippen LogP contribution in [0.5, 0.6) is 0 Å². The number of nitrogens with zero attached hydrogens (tertiary/aromatic N) is 1. The minimum Gasteiger partial charge on any atom is -0.450 e. The zero-order valence-electron chi connectivity index (χ0n) is 11.4. The predicted molar refractivity (Wildman–Crippen MR) is 69.1 cm³/mol. The van der Waals surface area contributed by atoms with Crippen LogP contribution in [0.25, 0.3) is 0 Å². The molecule has 0 spiro atoms. The van der Waals surface area contributed by atoms with Gasteiger partial charge in [-0.15, -0.1) is 0 Å². The van der Waals surface area contributed by atoms with Gasteiger partial charge in [0.25, 0.3) is 0 Å². The minimum atomic E-state index is -0.468. The number of ether oxygens (including phenoxy) is 1. The molecule has 0 aliphatic carbocycles. The van der Waals surface area contributed by atoms with Crippen LogP contribution in [0.1, 0.15) is 33.6 Å². The van der Waals surface area contributed by atoms with E-state index < -0.39 is 17.5 Å². The summed E-state index contributed by atoms with van der Waals surface area (Å²) in [4.78, 5) is 33.6. The maximum Gasteiger partial charge on any atom is 0.407 e. The highest BCUT2D eigenvalue weighted by Crippen LogP contribution is 1.99. The number of nitrogens with one attached hydrogen (secondary N) is 3. The Labute approximate surface area is 110 Å². The van der Waals surface area contributed by atoms with Gasteiger partial charge in [-0.25, -0.2) is 29.1 Å². The number of hydrogen-bond acceptors (Lipinski definition) is 4. The van der Waals surface area contributed by atoms with Crippen LogP contribution in [0.4, 0.5) is 4.79 Å². The zero-order chi connectivity index (χ0) is 14.5. The van der Waals surface area contributed by atoms with Crippen molar-refractivity contribution in [2.45, 2.75) is 45.7 Å². The standard InChI is InChI=1S/C11H20N4O4/c1-11(2,3)12-10(18)19-7-5-4-6-15-8(16)13-14-9(15)17/h4-7H2,1-3H3,(H,12,18)(H,13,16)(H,14,17). The minimum absolute atomic E-state index is 0.249. The van der Waals surface area contributed by atoms with E-state index >= 15 is 0 Å². The zero-order valence-corrected chi connectivity index (χ0v) is 11.4. The van der Waals surface area contributed by atoms with E-state index in [-0.39, 0.29) is 12.1 Å². The van der Waals surface area contributed by atoms with Crippen LogP contribution in [-0.4, -0.2) is 33.0 Å². The Hall–Kier alpha value is -1.99.